The highest BCUT2D eigenvalue weighted by Crippen LogP contribution is 2.42. The van der Waals surface area contributed by atoms with E-state index in [1.54, 1.807) is 4.68 Å². The number of halogens is 3. The second-order valence-corrected chi connectivity index (χ2v) is 6.38. The number of hydrogen-bond acceptors (Lipinski definition) is 3. The highest BCUT2D eigenvalue weighted by Gasteiger charge is 2.37. The molecule has 1 saturated carbocycles. The molecular formula is C16H20F3N5O. The van der Waals surface area contributed by atoms with Gasteiger partial charge in [-0.25, -0.2) is 0 Å². The minimum absolute atomic E-state index is 0.0739. The van der Waals surface area contributed by atoms with E-state index in [0.29, 0.717) is 12.2 Å². The summed E-state index contributed by atoms with van der Waals surface area (Å²) in [6, 6.07) is 2.97. The Hall–Kier alpha value is -2.32. The zero-order valence-corrected chi connectivity index (χ0v) is 14.1. The Morgan fingerprint density at radius 1 is 1.32 bits per heavy atom. The fraction of sp³-hybridized carbons (Fsp3) is 0.562. The first-order chi connectivity index (χ1) is 11.7. The van der Waals surface area contributed by atoms with Crippen LogP contribution < -0.4 is 5.32 Å². The van der Waals surface area contributed by atoms with E-state index in [0.717, 1.165) is 30.3 Å². The van der Waals surface area contributed by atoms with E-state index < -0.39 is 11.9 Å². The van der Waals surface area contributed by atoms with Gasteiger partial charge in [0.2, 0.25) is 5.91 Å². The van der Waals surface area contributed by atoms with Gasteiger partial charge >= 0.3 is 6.18 Å². The van der Waals surface area contributed by atoms with E-state index in [4.69, 9.17) is 0 Å². The summed E-state index contributed by atoms with van der Waals surface area (Å²) in [6.07, 6.45) is -2.65. The number of aryl methyl sites for hydroxylation is 3. The molecule has 0 aromatic carbocycles. The molecule has 136 valence electrons. The fourth-order valence-corrected chi connectivity index (χ4v) is 2.66. The van der Waals surface area contributed by atoms with E-state index in [1.165, 1.54) is 4.68 Å². The molecule has 1 fully saturated rings. The summed E-state index contributed by atoms with van der Waals surface area (Å²) in [5.74, 6) is -0.114. The zero-order valence-electron chi connectivity index (χ0n) is 14.1. The van der Waals surface area contributed by atoms with Crippen molar-refractivity contribution in [2.75, 3.05) is 0 Å². The topological polar surface area (TPSA) is 64.7 Å². The van der Waals surface area contributed by atoms with Gasteiger partial charge in [0.15, 0.2) is 5.69 Å². The van der Waals surface area contributed by atoms with Crippen molar-refractivity contribution >= 4 is 5.91 Å². The third kappa shape index (κ3) is 4.21. The Morgan fingerprint density at radius 3 is 2.60 bits per heavy atom. The van der Waals surface area contributed by atoms with Gasteiger partial charge in [-0.2, -0.15) is 23.4 Å². The maximum Gasteiger partial charge on any atom is 0.435 e. The zero-order chi connectivity index (χ0) is 18.2. The van der Waals surface area contributed by atoms with Crippen LogP contribution in [0.3, 0.4) is 0 Å². The summed E-state index contributed by atoms with van der Waals surface area (Å²) < 4.78 is 41.6. The van der Waals surface area contributed by atoms with Gasteiger partial charge in [-0.05, 0) is 31.9 Å². The van der Waals surface area contributed by atoms with E-state index in [-0.39, 0.29) is 24.8 Å². The number of aromatic nitrogens is 4. The summed E-state index contributed by atoms with van der Waals surface area (Å²) in [4.78, 5) is 12.0. The molecule has 0 atom stereocenters. The van der Waals surface area contributed by atoms with Crippen molar-refractivity contribution in [3.05, 3.63) is 34.9 Å². The average Bonchev–Trinajstić information content (AvgIpc) is 3.19. The Balaban J connectivity index is 1.57. The Morgan fingerprint density at radius 2 is 2.04 bits per heavy atom. The number of hydrogen-bond donors (Lipinski definition) is 1. The maximum absolute atomic E-state index is 12.8. The first-order valence-electron chi connectivity index (χ1n) is 8.15. The number of amides is 1. The van der Waals surface area contributed by atoms with Crippen molar-refractivity contribution in [2.24, 2.45) is 7.05 Å². The monoisotopic (exact) mass is 355 g/mol. The Kier molecular flexibility index (Phi) is 4.57. The lowest BCUT2D eigenvalue weighted by atomic mass is 10.2. The quantitative estimate of drug-likeness (QED) is 0.866. The van der Waals surface area contributed by atoms with Crippen molar-refractivity contribution in [3.8, 4) is 0 Å². The molecule has 1 amide bonds. The van der Waals surface area contributed by atoms with Gasteiger partial charge in [0.1, 0.15) is 0 Å². The molecule has 0 unspecified atom stereocenters. The molecule has 2 aromatic heterocycles. The second-order valence-electron chi connectivity index (χ2n) is 6.38. The predicted molar refractivity (Wildman–Crippen MR) is 83.6 cm³/mol. The number of nitrogens with zero attached hydrogens (tertiary/aromatic N) is 4. The van der Waals surface area contributed by atoms with Crippen molar-refractivity contribution in [1.29, 1.82) is 0 Å². The van der Waals surface area contributed by atoms with Gasteiger partial charge in [0.25, 0.3) is 0 Å². The number of rotatable bonds is 6. The SMILES string of the molecule is Cc1cc(CNC(=O)CCn2nc(C(F)(F)F)cc2C2CC2)nn1C. The minimum Gasteiger partial charge on any atom is -0.350 e. The largest absolute Gasteiger partial charge is 0.435 e. The standard InChI is InChI=1S/C16H20F3N5O/c1-10-7-12(21-23(10)2)9-20-15(25)5-6-24-13(11-3-4-11)8-14(22-24)16(17,18)19/h7-8,11H,3-6,9H2,1-2H3,(H,20,25). The van der Waals surface area contributed by atoms with Crippen LogP contribution in [-0.4, -0.2) is 25.5 Å². The number of alkyl halides is 3. The molecule has 2 heterocycles. The molecule has 0 saturated heterocycles. The molecule has 1 aliphatic rings. The molecule has 9 heteroatoms. The molecule has 25 heavy (non-hydrogen) atoms. The molecule has 0 radical (unpaired) electrons. The van der Waals surface area contributed by atoms with Crippen molar-refractivity contribution in [1.82, 2.24) is 24.9 Å². The molecule has 0 spiro atoms. The van der Waals surface area contributed by atoms with Crippen LogP contribution in [0, 0.1) is 6.92 Å². The maximum atomic E-state index is 12.8. The van der Waals surface area contributed by atoms with Gasteiger partial charge < -0.3 is 5.32 Å². The Bertz CT molecular complexity index is 754. The van der Waals surface area contributed by atoms with Crippen LogP contribution in [0.5, 0.6) is 0 Å². The van der Waals surface area contributed by atoms with Crippen LogP contribution >= 0.6 is 0 Å². The second kappa shape index (κ2) is 6.53. The number of nitrogens with one attached hydrogen (secondary N) is 1. The average molecular weight is 355 g/mol. The van der Waals surface area contributed by atoms with Gasteiger partial charge in [-0.1, -0.05) is 0 Å². The third-order valence-corrected chi connectivity index (χ3v) is 4.28. The highest BCUT2D eigenvalue weighted by molar-refractivity contribution is 5.75. The lowest BCUT2D eigenvalue weighted by Gasteiger charge is -2.07. The molecule has 3 rings (SSSR count). The number of carbonyl (C=O) groups is 1. The van der Waals surface area contributed by atoms with E-state index in [2.05, 4.69) is 15.5 Å². The molecule has 0 bridgehead atoms. The lowest BCUT2D eigenvalue weighted by molar-refractivity contribution is -0.141. The van der Waals surface area contributed by atoms with E-state index in [9.17, 15) is 18.0 Å². The molecule has 1 aliphatic carbocycles. The van der Waals surface area contributed by atoms with E-state index in [1.807, 2.05) is 20.0 Å². The lowest BCUT2D eigenvalue weighted by Crippen LogP contribution is -2.24. The van der Waals surface area contributed by atoms with Gasteiger partial charge in [0, 0.05) is 37.3 Å². The smallest absolute Gasteiger partial charge is 0.350 e. The summed E-state index contributed by atoms with van der Waals surface area (Å²) in [7, 11) is 1.82. The molecule has 6 nitrogen and oxygen atoms in total. The van der Waals surface area contributed by atoms with Crippen LogP contribution in [0.2, 0.25) is 0 Å². The van der Waals surface area contributed by atoms with Crippen LogP contribution in [0.1, 0.15) is 48.0 Å². The number of carbonyl (C=O) groups excluding carboxylic acids is 1. The first-order valence-corrected chi connectivity index (χ1v) is 8.15. The van der Waals surface area contributed by atoms with Crippen molar-refractivity contribution in [2.45, 2.75) is 51.4 Å². The highest BCUT2D eigenvalue weighted by atomic mass is 19.4. The summed E-state index contributed by atoms with van der Waals surface area (Å²) in [5, 5.41) is 10.6. The molecule has 2 aromatic rings. The summed E-state index contributed by atoms with van der Waals surface area (Å²) >= 11 is 0. The van der Waals surface area contributed by atoms with Crippen molar-refractivity contribution in [3.63, 3.8) is 0 Å². The first kappa shape index (κ1) is 17.5. The van der Waals surface area contributed by atoms with Crippen LogP contribution in [-0.2, 0) is 31.1 Å². The van der Waals surface area contributed by atoms with Crippen LogP contribution in [0.15, 0.2) is 12.1 Å². The van der Waals surface area contributed by atoms with Gasteiger partial charge in [-0.15, -0.1) is 0 Å². The third-order valence-electron chi connectivity index (χ3n) is 4.28. The van der Waals surface area contributed by atoms with Gasteiger partial charge in [0.05, 0.1) is 12.2 Å². The van der Waals surface area contributed by atoms with Crippen molar-refractivity contribution < 1.29 is 18.0 Å². The molecular weight excluding hydrogens is 335 g/mol. The Labute approximate surface area is 143 Å². The summed E-state index contributed by atoms with van der Waals surface area (Å²) in [6.45, 7) is 2.34. The van der Waals surface area contributed by atoms with E-state index >= 15 is 0 Å². The van der Waals surface area contributed by atoms with Crippen LogP contribution in [0.4, 0.5) is 13.2 Å². The summed E-state index contributed by atoms with van der Waals surface area (Å²) in [5.41, 5.74) is 1.40. The van der Waals surface area contributed by atoms with Gasteiger partial charge in [-0.3, -0.25) is 14.2 Å². The fourth-order valence-electron chi connectivity index (χ4n) is 2.66. The minimum atomic E-state index is -4.46. The molecule has 1 N–H and O–H groups in total. The normalized spacial score (nSPS) is 14.8. The predicted octanol–water partition coefficient (Wildman–Crippen LogP) is 2.53. The molecule has 0 aliphatic heterocycles. The van der Waals surface area contributed by atoms with Crippen LogP contribution in [0.25, 0.3) is 0 Å².